The summed E-state index contributed by atoms with van der Waals surface area (Å²) >= 11 is 0. The molecule has 3 rings (SSSR count). The van der Waals surface area contributed by atoms with E-state index in [9.17, 15) is 0 Å². The lowest BCUT2D eigenvalue weighted by Gasteiger charge is -2.29. The summed E-state index contributed by atoms with van der Waals surface area (Å²) < 4.78 is 16.0. The minimum absolute atomic E-state index is 0.319. The van der Waals surface area contributed by atoms with Crippen LogP contribution in [0.1, 0.15) is 5.56 Å². The van der Waals surface area contributed by atoms with Crippen molar-refractivity contribution in [3.05, 3.63) is 42.1 Å². The maximum atomic E-state index is 6.06. The summed E-state index contributed by atoms with van der Waals surface area (Å²) in [5.41, 5.74) is 7.85. The lowest BCUT2D eigenvalue weighted by atomic mass is 10.2. The summed E-state index contributed by atoms with van der Waals surface area (Å²) in [6.45, 7) is 3.51. The zero-order valence-electron chi connectivity index (χ0n) is 15.6. The van der Waals surface area contributed by atoms with Crippen molar-refractivity contribution in [2.45, 2.75) is 6.54 Å². The van der Waals surface area contributed by atoms with Crippen LogP contribution in [0, 0.1) is 0 Å². The van der Waals surface area contributed by atoms with Gasteiger partial charge in [-0.25, -0.2) is 9.98 Å². The van der Waals surface area contributed by atoms with Crippen LogP contribution in [0.2, 0.25) is 0 Å². The Bertz CT molecular complexity index is 791. The molecule has 0 amide bonds. The number of methoxy groups -OCH3 is 2. The van der Waals surface area contributed by atoms with Crippen molar-refractivity contribution in [3.8, 4) is 11.5 Å². The molecule has 0 aliphatic carbocycles. The molecule has 27 heavy (non-hydrogen) atoms. The first kappa shape index (κ1) is 18.8. The zero-order valence-corrected chi connectivity index (χ0v) is 15.6. The van der Waals surface area contributed by atoms with Crippen LogP contribution in [-0.4, -0.2) is 51.5 Å². The predicted octanol–water partition coefficient (Wildman–Crippen LogP) is 1.86. The first-order valence-electron chi connectivity index (χ1n) is 8.77. The molecule has 0 atom stereocenters. The summed E-state index contributed by atoms with van der Waals surface area (Å²) in [6.07, 6.45) is 1.79. The number of benzene rings is 1. The van der Waals surface area contributed by atoms with Gasteiger partial charge in [0.2, 0.25) is 0 Å². The quantitative estimate of drug-likeness (QED) is 0.591. The molecule has 3 N–H and O–H groups in total. The van der Waals surface area contributed by atoms with E-state index in [1.165, 1.54) is 0 Å². The fourth-order valence-electron chi connectivity index (χ4n) is 2.89. The van der Waals surface area contributed by atoms with Gasteiger partial charge >= 0.3 is 0 Å². The fourth-order valence-corrected chi connectivity index (χ4v) is 2.89. The SMILES string of the molecule is COc1ccc(NC(N)=NCc2cccnc2N2CCOCC2)cc1OC. The van der Waals surface area contributed by atoms with Gasteiger partial charge < -0.3 is 30.2 Å². The van der Waals surface area contributed by atoms with Gasteiger partial charge in [-0.3, -0.25) is 0 Å². The smallest absolute Gasteiger partial charge is 0.193 e. The highest BCUT2D eigenvalue weighted by molar-refractivity contribution is 5.92. The van der Waals surface area contributed by atoms with E-state index in [0.29, 0.717) is 37.2 Å². The maximum Gasteiger partial charge on any atom is 0.193 e. The number of morpholine rings is 1. The van der Waals surface area contributed by atoms with Gasteiger partial charge in [-0.1, -0.05) is 6.07 Å². The van der Waals surface area contributed by atoms with Gasteiger partial charge in [-0.15, -0.1) is 0 Å². The third kappa shape index (κ3) is 4.79. The number of nitrogens with one attached hydrogen (secondary N) is 1. The second-order valence-electron chi connectivity index (χ2n) is 5.98. The van der Waals surface area contributed by atoms with E-state index in [1.54, 1.807) is 20.4 Å². The van der Waals surface area contributed by atoms with Gasteiger partial charge in [0.25, 0.3) is 0 Å². The molecular weight excluding hydrogens is 346 g/mol. The first-order valence-corrected chi connectivity index (χ1v) is 8.77. The molecule has 1 fully saturated rings. The number of pyridine rings is 1. The van der Waals surface area contributed by atoms with Gasteiger partial charge in [-0.05, 0) is 18.2 Å². The third-order valence-electron chi connectivity index (χ3n) is 4.25. The minimum atomic E-state index is 0.319. The van der Waals surface area contributed by atoms with E-state index in [0.717, 1.165) is 30.2 Å². The summed E-state index contributed by atoms with van der Waals surface area (Å²) in [5.74, 6) is 2.53. The van der Waals surface area contributed by atoms with Gasteiger partial charge in [0.15, 0.2) is 17.5 Å². The van der Waals surface area contributed by atoms with Crippen LogP contribution >= 0.6 is 0 Å². The van der Waals surface area contributed by atoms with Crippen molar-refractivity contribution < 1.29 is 14.2 Å². The van der Waals surface area contributed by atoms with Crippen LogP contribution in [-0.2, 0) is 11.3 Å². The predicted molar refractivity (Wildman–Crippen MR) is 106 cm³/mol. The summed E-state index contributed by atoms with van der Waals surface area (Å²) in [5, 5.41) is 3.08. The third-order valence-corrected chi connectivity index (χ3v) is 4.25. The Morgan fingerprint density at radius 3 is 2.74 bits per heavy atom. The lowest BCUT2D eigenvalue weighted by molar-refractivity contribution is 0.122. The highest BCUT2D eigenvalue weighted by Gasteiger charge is 2.15. The molecule has 1 saturated heterocycles. The van der Waals surface area contributed by atoms with Gasteiger partial charge in [0.05, 0.1) is 34.0 Å². The molecule has 1 aromatic carbocycles. The van der Waals surface area contributed by atoms with Crippen LogP contribution in [0.25, 0.3) is 0 Å². The molecule has 1 aliphatic rings. The lowest BCUT2D eigenvalue weighted by Crippen LogP contribution is -2.37. The Balaban J connectivity index is 1.69. The average molecular weight is 371 g/mol. The molecule has 1 aromatic heterocycles. The Morgan fingerprint density at radius 2 is 2.00 bits per heavy atom. The van der Waals surface area contributed by atoms with E-state index in [1.807, 2.05) is 30.3 Å². The number of guanidine groups is 1. The summed E-state index contributed by atoms with van der Waals surface area (Å²) in [6, 6.07) is 9.40. The van der Waals surface area contributed by atoms with Crippen LogP contribution in [0.5, 0.6) is 11.5 Å². The van der Waals surface area contributed by atoms with Crippen molar-refractivity contribution in [2.75, 3.05) is 50.7 Å². The molecule has 144 valence electrons. The molecule has 8 nitrogen and oxygen atoms in total. The number of rotatable bonds is 6. The van der Waals surface area contributed by atoms with Gasteiger partial charge in [-0.2, -0.15) is 0 Å². The molecule has 1 aliphatic heterocycles. The van der Waals surface area contributed by atoms with Crippen LogP contribution in [0.15, 0.2) is 41.5 Å². The normalized spacial score (nSPS) is 14.7. The van der Waals surface area contributed by atoms with Crippen molar-refractivity contribution in [3.63, 3.8) is 0 Å². The summed E-state index contributed by atoms with van der Waals surface area (Å²) in [7, 11) is 3.19. The molecule has 0 bridgehead atoms. The number of nitrogens with two attached hydrogens (primary N) is 1. The van der Waals surface area contributed by atoms with E-state index in [4.69, 9.17) is 19.9 Å². The van der Waals surface area contributed by atoms with Crippen LogP contribution in [0.4, 0.5) is 11.5 Å². The Hall–Kier alpha value is -3.00. The molecule has 2 heterocycles. The molecular formula is C19H25N5O3. The number of ether oxygens (including phenoxy) is 3. The minimum Gasteiger partial charge on any atom is -0.493 e. The Labute approximate surface area is 159 Å². The molecule has 0 radical (unpaired) electrons. The van der Waals surface area contributed by atoms with Gasteiger partial charge in [0, 0.05) is 36.6 Å². The highest BCUT2D eigenvalue weighted by atomic mass is 16.5. The first-order chi connectivity index (χ1) is 13.2. The fraction of sp³-hybridized carbons (Fsp3) is 0.368. The van der Waals surface area contributed by atoms with E-state index < -0.39 is 0 Å². The topological polar surface area (TPSA) is 94.2 Å². The second kappa shape index (κ2) is 9.09. The molecule has 8 heteroatoms. The Kier molecular flexibility index (Phi) is 6.32. The second-order valence-corrected chi connectivity index (χ2v) is 5.98. The van der Waals surface area contributed by atoms with Crippen molar-refractivity contribution in [1.29, 1.82) is 0 Å². The van der Waals surface area contributed by atoms with Crippen molar-refractivity contribution in [2.24, 2.45) is 10.7 Å². The number of aliphatic imine (C=N–C) groups is 1. The van der Waals surface area contributed by atoms with Crippen molar-refractivity contribution in [1.82, 2.24) is 4.98 Å². The number of hydrogen-bond donors (Lipinski definition) is 2. The standard InChI is InChI=1S/C19H25N5O3/c1-25-16-6-5-15(12-17(16)26-2)23-19(20)22-13-14-4-3-7-21-18(14)24-8-10-27-11-9-24/h3-7,12H,8-11,13H2,1-2H3,(H3,20,22,23). The number of aromatic nitrogens is 1. The molecule has 2 aromatic rings. The van der Waals surface area contributed by atoms with Crippen molar-refractivity contribution >= 4 is 17.5 Å². The van der Waals surface area contributed by atoms with Crippen LogP contribution in [0.3, 0.4) is 0 Å². The Morgan fingerprint density at radius 1 is 1.22 bits per heavy atom. The van der Waals surface area contributed by atoms with E-state index in [-0.39, 0.29) is 0 Å². The zero-order chi connectivity index (χ0) is 19.1. The number of hydrogen-bond acceptors (Lipinski definition) is 6. The van der Waals surface area contributed by atoms with Gasteiger partial charge in [0.1, 0.15) is 5.82 Å². The van der Waals surface area contributed by atoms with Crippen LogP contribution < -0.4 is 25.4 Å². The highest BCUT2D eigenvalue weighted by Crippen LogP contribution is 2.29. The summed E-state index contributed by atoms with van der Waals surface area (Å²) in [4.78, 5) is 11.2. The molecule has 0 unspecified atom stereocenters. The molecule has 0 spiro atoms. The largest absolute Gasteiger partial charge is 0.493 e. The monoisotopic (exact) mass is 371 g/mol. The average Bonchev–Trinajstić information content (AvgIpc) is 2.73. The van der Waals surface area contributed by atoms with E-state index >= 15 is 0 Å². The molecule has 0 saturated carbocycles. The number of anilines is 2. The van der Waals surface area contributed by atoms with E-state index in [2.05, 4.69) is 20.2 Å². The maximum absolute atomic E-state index is 6.06. The number of nitrogens with zero attached hydrogens (tertiary/aromatic N) is 3.